The highest BCUT2D eigenvalue weighted by molar-refractivity contribution is 5.51. The van der Waals surface area contributed by atoms with Crippen molar-refractivity contribution >= 4 is 5.69 Å². The van der Waals surface area contributed by atoms with E-state index in [0.717, 1.165) is 32.8 Å². The third-order valence-electron chi connectivity index (χ3n) is 3.36. The molecule has 1 aromatic rings. The minimum atomic E-state index is -0.194. The number of piperazine rings is 1. The summed E-state index contributed by atoms with van der Waals surface area (Å²) in [5.74, 6) is 0.406. The van der Waals surface area contributed by atoms with Crippen LogP contribution in [-0.2, 0) is 4.74 Å². The van der Waals surface area contributed by atoms with Crippen molar-refractivity contribution in [3.8, 4) is 5.75 Å². The van der Waals surface area contributed by atoms with Gasteiger partial charge in [0.05, 0.1) is 12.3 Å². The van der Waals surface area contributed by atoms with Crippen LogP contribution in [0.5, 0.6) is 5.75 Å². The fraction of sp³-hybridized carbons (Fsp3) is 0.625. The van der Waals surface area contributed by atoms with Gasteiger partial charge in [-0.3, -0.25) is 0 Å². The van der Waals surface area contributed by atoms with Gasteiger partial charge in [0, 0.05) is 46.0 Å². The first-order chi connectivity index (χ1) is 10.1. The molecule has 0 atom stereocenters. The van der Waals surface area contributed by atoms with E-state index in [-0.39, 0.29) is 5.82 Å². The van der Waals surface area contributed by atoms with Gasteiger partial charge in [0.25, 0.3) is 0 Å². The predicted octanol–water partition coefficient (Wildman–Crippen LogP) is 2.63. The number of hydrogen-bond donors (Lipinski definition) is 0. The van der Waals surface area contributed by atoms with Crippen molar-refractivity contribution < 1.29 is 13.9 Å². The highest BCUT2D eigenvalue weighted by Gasteiger charge is 2.17. The molecule has 4 nitrogen and oxygen atoms in total. The molecule has 5 heteroatoms. The van der Waals surface area contributed by atoms with Crippen LogP contribution in [0.15, 0.2) is 18.2 Å². The van der Waals surface area contributed by atoms with E-state index in [1.807, 2.05) is 26.0 Å². The zero-order valence-corrected chi connectivity index (χ0v) is 13.6. The second-order valence-electron chi connectivity index (χ2n) is 4.91. The average Bonchev–Trinajstić information content (AvgIpc) is 2.49. The van der Waals surface area contributed by atoms with Crippen LogP contribution in [0.3, 0.4) is 0 Å². The van der Waals surface area contributed by atoms with Crippen LogP contribution in [0.1, 0.15) is 13.8 Å². The van der Waals surface area contributed by atoms with Gasteiger partial charge in [-0.25, -0.2) is 4.39 Å². The summed E-state index contributed by atoms with van der Waals surface area (Å²) < 4.78 is 23.7. The van der Waals surface area contributed by atoms with E-state index >= 15 is 0 Å². The smallest absolute Gasteiger partial charge is 0.150 e. The maximum absolute atomic E-state index is 13.9. The molecule has 0 saturated carbocycles. The molecular weight excluding hydrogens is 271 g/mol. The van der Waals surface area contributed by atoms with Gasteiger partial charge in [-0.15, -0.1) is 0 Å². The summed E-state index contributed by atoms with van der Waals surface area (Å²) in [7, 11) is 3.77. The van der Waals surface area contributed by atoms with Crippen molar-refractivity contribution in [3.63, 3.8) is 0 Å². The molecule has 1 aliphatic rings. The zero-order valence-electron chi connectivity index (χ0n) is 13.6. The molecule has 1 aliphatic heterocycles. The largest absolute Gasteiger partial charge is 0.494 e. The lowest BCUT2D eigenvalue weighted by Crippen LogP contribution is -2.44. The minimum absolute atomic E-state index is 0.194. The van der Waals surface area contributed by atoms with Crippen LogP contribution < -0.4 is 9.64 Å². The van der Waals surface area contributed by atoms with Gasteiger partial charge in [0.2, 0.25) is 0 Å². The molecule has 0 aromatic heterocycles. The molecule has 0 bridgehead atoms. The lowest BCUT2D eigenvalue weighted by Gasteiger charge is -2.34. The molecule has 2 rings (SSSR count). The number of hydrogen-bond acceptors (Lipinski definition) is 4. The van der Waals surface area contributed by atoms with E-state index in [1.165, 1.54) is 6.07 Å². The number of methoxy groups -OCH3 is 1. The van der Waals surface area contributed by atoms with Crippen molar-refractivity contribution in [2.24, 2.45) is 0 Å². The fourth-order valence-electron chi connectivity index (χ4n) is 2.05. The Morgan fingerprint density at radius 2 is 1.71 bits per heavy atom. The van der Waals surface area contributed by atoms with E-state index in [4.69, 9.17) is 4.74 Å². The Bertz CT molecular complexity index is 405. The standard InChI is InChI=1S/C13H19FN2O.C3H8O/c1-3-17-11-4-5-13(12(14)10-11)16-8-6-15(2)7-9-16;1-3-4-2/h4-5,10H,3,6-9H2,1-2H3;3H2,1-2H3. The van der Waals surface area contributed by atoms with Gasteiger partial charge in [-0.1, -0.05) is 0 Å². The average molecular weight is 298 g/mol. The molecular formula is C16H27FN2O2. The van der Waals surface area contributed by atoms with E-state index < -0.39 is 0 Å². The zero-order chi connectivity index (χ0) is 15.7. The molecule has 1 saturated heterocycles. The lowest BCUT2D eigenvalue weighted by atomic mass is 10.2. The Labute approximate surface area is 127 Å². The first-order valence-electron chi connectivity index (χ1n) is 7.47. The van der Waals surface area contributed by atoms with Crippen LogP contribution in [0, 0.1) is 5.82 Å². The first kappa shape index (κ1) is 17.7. The summed E-state index contributed by atoms with van der Waals surface area (Å²) in [5.41, 5.74) is 0.682. The molecule has 1 aromatic carbocycles. The molecule has 120 valence electrons. The normalized spacial score (nSPS) is 15.4. The number of halogens is 1. The maximum Gasteiger partial charge on any atom is 0.150 e. The Morgan fingerprint density at radius 1 is 1.10 bits per heavy atom. The summed E-state index contributed by atoms with van der Waals surface area (Å²) >= 11 is 0. The van der Waals surface area contributed by atoms with Gasteiger partial charge in [-0.2, -0.15) is 0 Å². The molecule has 0 radical (unpaired) electrons. The van der Waals surface area contributed by atoms with Crippen LogP contribution >= 0.6 is 0 Å². The Hall–Kier alpha value is -1.33. The summed E-state index contributed by atoms with van der Waals surface area (Å²) in [5, 5.41) is 0. The second-order valence-corrected chi connectivity index (χ2v) is 4.91. The SMILES string of the molecule is CCOC.CCOc1ccc(N2CCN(C)CC2)c(F)c1. The first-order valence-corrected chi connectivity index (χ1v) is 7.47. The molecule has 0 N–H and O–H groups in total. The third kappa shape index (κ3) is 5.89. The quantitative estimate of drug-likeness (QED) is 0.853. The monoisotopic (exact) mass is 298 g/mol. The Kier molecular flexibility index (Phi) is 8.08. The Balaban J connectivity index is 0.000000491. The van der Waals surface area contributed by atoms with Crippen LogP contribution in [-0.4, -0.2) is 58.5 Å². The number of nitrogens with zero attached hydrogens (tertiary/aromatic N) is 2. The minimum Gasteiger partial charge on any atom is -0.494 e. The highest BCUT2D eigenvalue weighted by atomic mass is 19.1. The molecule has 21 heavy (non-hydrogen) atoms. The van der Waals surface area contributed by atoms with Crippen molar-refractivity contribution in [3.05, 3.63) is 24.0 Å². The third-order valence-corrected chi connectivity index (χ3v) is 3.36. The molecule has 0 spiro atoms. The van der Waals surface area contributed by atoms with Gasteiger partial charge in [0.1, 0.15) is 11.6 Å². The van der Waals surface area contributed by atoms with E-state index in [9.17, 15) is 4.39 Å². The van der Waals surface area contributed by atoms with Crippen LogP contribution in [0.25, 0.3) is 0 Å². The molecule has 0 aliphatic carbocycles. The van der Waals surface area contributed by atoms with Crippen molar-refractivity contribution in [2.45, 2.75) is 13.8 Å². The number of benzene rings is 1. The summed E-state index contributed by atoms with van der Waals surface area (Å²) in [6.07, 6.45) is 0. The summed E-state index contributed by atoms with van der Waals surface area (Å²) in [6, 6.07) is 5.11. The van der Waals surface area contributed by atoms with Crippen LogP contribution in [0.2, 0.25) is 0 Å². The topological polar surface area (TPSA) is 24.9 Å². The van der Waals surface area contributed by atoms with E-state index in [1.54, 1.807) is 7.11 Å². The number of ether oxygens (including phenoxy) is 2. The van der Waals surface area contributed by atoms with Gasteiger partial charge < -0.3 is 19.3 Å². The van der Waals surface area contributed by atoms with E-state index in [2.05, 4.69) is 21.6 Å². The van der Waals surface area contributed by atoms with Crippen LogP contribution in [0.4, 0.5) is 10.1 Å². The van der Waals surface area contributed by atoms with Gasteiger partial charge in [0.15, 0.2) is 0 Å². The highest BCUT2D eigenvalue weighted by Crippen LogP contribution is 2.24. The van der Waals surface area contributed by atoms with Crippen molar-refractivity contribution in [2.75, 3.05) is 58.5 Å². The molecule has 1 heterocycles. The number of likely N-dealkylation sites (N-methyl/N-ethyl adjacent to an activating group) is 1. The second kappa shape index (κ2) is 9.58. The maximum atomic E-state index is 13.9. The van der Waals surface area contributed by atoms with Crippen molar-refractivity contribution in [1.82, 2.24) is 4.90 Å². The number of anilines is 1. The fourth-order valence-corrected chi connectivity index (χ4v) is 2.05. The van der Waals surface area contributed by atoms with Gasteiger partial charge >= 0.3 is 0 Å². The van der Waals surface area contributed by atoms with Gasteiger partial charge in [-0.05, 0) is 33.0 Å². The Morgan fingerprint density at radius 3 is 2.19 bits per heavy atom. The molecule has 0 amide bonds. The number of rotatable bonds is 4. The molecule has 1 fully saturated rings. The lowest BCUT2D eigenvalue weighted by molar-refractivity contribution is 0.215. The van der Waals surface area contributed by atoms with Crippen molar-refractivity contribution in [1.29, 1.82) is 0 Å². The van der Waals surface area contributed by atoms with E-state index in [0.29, 0.717) is 18.0 Å². The summed E-state index contributed by atoms with van der Waals surface area (Å²) in [6.45, 7) is 8.95. The molecule has 0 unspecified atom stereocenters. The predicted molar refractivity (Wildman–Crippen MR) is 84.8 cm³/mol. The summed E-state index contributed by atoms with van der Waals surface area (Å²) in [4.78, 5) is 4.34.